The molecular weight excluding hydrogens is 487 g/mol. The number of halogens is 3. The van der Waals surface area contributed by atoms with Crippen LogP contribution >= 0.6 is 12.2 Å². The molecule has 0 saturated carbocycles. The van der Waals surface area contributed by atoms with E-state index in [1.54, 1.807) is 11.0 Å². The first-order valence-corrected chi connectivity index (χ1v) is 12.2. The summed E-state index contributed by atoms with van der Waals surface area (Å²) >= 11 is 5.48. The van der Waals surface area contributed by atoms with Crippen molar-refractivity contribution in [2.75, 3.05) is 11.9 Å². The highest BCUT2D eigenvalue weighted by Gasteiger charge is 2.31. The molecule has 2 N–H and O–H groups in total. The van der Waals surface area contributed by atoms with Crippen molar-refractivity contribution >= 4 is 28.6 Å². The fourth-order valence-electron chi connectivity index (χ4n) is 4.30. The van der Waals surface area contributed by atoms with E-state index in [-0.39, 0.29) is 5.75 Å². The van der Waals surface area contributed by atoms with Crippen LogP contribution < -0.4 is 15.4 Å². The van der Waals surface area contributed by atoms with Gasteiger partial charge in [0.05, 0.1) is 5.69 Å². The van der Waals surface area contributed by atoms with Crippen molar-refractivity contribution in [2.24, 2.45) is 5.92 Å². The molecule has 0 fully saturated rings. The largest absolute Gasteiger partial charge is 0.573 e. The summed E-state index contributed by atoms with van der Waals surface area (Å²) in [7, 11) is 0. The zero-order valence-electron chi connectivity index (χ0n) is 20.1. The number of rotatable bonds is 7. The van der Waals surface area contributed by atoms with Crippen LogP contribution in [-0.4, -0.2) is 32.8 Å². The molecule has 0 amide bonds. The molecule has 0 radical (unpaired) electrons. The van der Waals surface area contributed by atoms with Gasteiger partial charge in [0.2, 0.25) is 0 Å². The lowest BCUT2D eigenvalue weighted by Crippen LogP contribution is -2.30. The van der Waals surface area contributed by atoms with E-state index in [0.29, 0.717) is 22.5 Å². The minimum absolute atomic E-state index is 0.276. The van der Waals surface area contributed by atoms with E-state index in [4.69, 9.17) is 12.2 Å². The van der Waals surface area contributed by atoms with Crippen LogP contribution in [0.1, 0.15) is 42.6 Å². The minimum Gasteiger partial charge on any atom is -0.406 e. The molecule has 0 spiro atoms. The van der Waals surface area contributed by atoms with Crippen LogP contribution in [0.4, 0.5) is 18.9 Å². The summed E-state index contributed by atoms with van der Waals surface area (Å²) in [6.07, 6.45) is 3.02. The summed E-state index contributed by atoms with van der Waals surface area (Å²) in [5.41, 5.74) is 5.02. The van der Waals surface area contributed by atoms with Crippen molar-refractivity contribution in [3.63, 3.8) is 0 Å². The number of hydrogen-bond donors (Lipinski definition) is 2. The lowest BCUT2D eigenvalue weighted by molar-refractivity contribution is -0.274. The molecule has 2 aromatic carbocycles. The third-order valence-corrected chi connectivity index (χ3v) is 6.34. The highest BCUT2D eigenvalue weighted by Crippen LogP contribution is 2.30. The number of nitrogens with zero attached hydrogens (tertiary/aromatic N) is 3. The Kier molecular flexibility index (Phi) is 7.93. The number of ether oxygens (including phenoxy) is 1. The first-order valence-electron chi connectivity index (χ1n) is 11.8. The molecule has 1 aliphatic rings. The Morgan fingerprint density at radius 1 is 1.14 bits per heavy atom. The molecule has 36 heavy (non-hydrogen) atoms. The van der Waals surface area contributed by atoms with E-state index in [0.717, 1.165) is 54.6 Å². The van der Waals surface area contributed by atoms with E-state index in [1.165, 1.54) is 24.3 Å². The van der Waals surface area contributed by atoms with Crippen LogP contribution in [0.25, 0.3) is 11.3 Å². The fraction of sp³-hybridized carbons (Fsp3) is 0.346. The Labute approximate surface area is 213 Å². The summed E-state index contributed by atoms with van der Waals surface area (Å²) in [5.74, 6) is 0.743. The van der Waals surface area contributed by atoms with Crippen molar-refractivity contribution in [3.8, 4) is 11.4 Å². The summed E-state index contributed by atoms with van der Waals surface area (Å²) in [6, 6.07) is 11.7. The van der Waals surface area contributed by atoms with Crippen molar-refractivity contribution in [1.29, 1.82) is 0 Å². The van der Waals surface area contributed by atoms with Crippen molar-refractivity contribution in [2.45, 2.75) is 45.9 Å². The first kappa shape index (κ1) is 25.7. The van der Waals surface area contributed by atoms with Gasteiger partial charge in [0.25, 0.3) is 0 Å². The molecular formula is C26H28F3N5OS. The van der Waals surface area contributed by atoms with Gasteiger partial charge in [-0.15, -0.1) is 18.3 Å². The van der Waals surface area contributed by atoms with E-state index < -0.39 is 6.36 Å². The molecule has 4 rings (SSSR count). The molecule has 10 heteroatoms. The lowest BCUT2D eigenvalue weighted by Gasteiger charge is -2.21. The maximum absolute atomic E-state index is 12.4. The molecule has 6 nitrogen and oxygen atoms in total. The zero-order valence-corrected chi connectivity index (χ0v) is 20.9. The SMILES string of the molecule is Cc1cccc(C)c1NC(=S)NCCC1C=C(c2ncn(-c3ccc(OC(F)(F)F)cc3)n2)CCC1. The maximum Gasteiger partial charge on any atom is 0.573 e. The molecule has 3 aromatic rings. The third-order valence-electron chi connectivity index (χ3n) is 6.09. The molecule has 0 bridgehead atoms. The number of aromatic nitrogens is 3. The van der Waals surface area contributed by atoms with Crippen molar-refractivity contribution in [1.82, 2.24) is 20.1 Å². The summed E-state index contributed by atoms with van der Waals surface area (Å²) < 4.78 is 42.6. The van der Waals surface area contributed by atoms with Crippen LogP contribution in [0.2, 0.25) is 0 Å². The first-order chi connectivity index (χ1) is 17.2. The van der Waals surface area contributed by atoms with E-state index in [9.17, 15) is 13.2 Å². The lowest BCUT2D eigenvalue weighted by atomic mass is 9.88. The number of hydrogen-bond acceptors (Lipinski definition) is 4. The molecule has 1 atom stereocenters. The molecule has 1 aliphatic carbocycles. The Morgan fingerprint density at radius 2 is 1.86 bits per heavy atom. The number of benzene rings is 2. The topological polar surface area (TPSA) is 64.0 Å². The number of nitrogens with one attached hydrogen (secondary N) is 2. The summed E-state index contributed by atoms with van der Waals surface area (Å²) in [6.45, 7) is 4.86. The van der Waals surface area contributed by atoms with Gasteiger partial charge in [0.1, 0.15) is 12.1 Å². The van der Waals surface area contributed by atoms with E-state index >= 15 is 0 Å². The van der Waals surface area contributed by atoms with Crippen LogP contribution in [-0.2, 0) is 0 Å². The Balaban J connectivity index is 1.32. The Bertz CT molecular complexity index is 1220. The molecule has 0 aliphatic heterocycles. The second-order valence-electron chi connectivity index (χ2n) is 8.84. The minimum atomic E-state index is -4.72. The summed E-state index contributed by atoms with van der Waals surface area (Å²) in [4.78, 5) is 4.43. The molecule has 1 aromatic heterocycles. The van der Waals surface area contributed by atoms with Gasteiger partial charge in [-0.05, 0) is 98.6 Å². The Morgan fingerprint density at radius 3 is 2.56 bits per heavy atom. The standard InChI is InChI=1S/C26H28F3N5OS/c1-17-5-3-6-18(2)23(17)32-25(36)30-14-13-19-7-4-8-20(15-19)24-31-16-34(33-24)21-9-11-22(12-10-21)35-26(27,28)29/h3,5-6,9-12,15-16,19H,4,7-8,13-14H2,1-2H3,(H2,30,32,36). The second kappa shape index (κ2) is 11.1. The zero-order chi connectivity index (χ0) is 25.7. The Hall–Kier alpha value is -3.40. The number of allylic oxidation sites excluding steroid dienone is 2. The number of alkyl halides is 3. The van der Waals surface area contributed by atoms with Crippen LogP contribution in [0.3, 0.4) is 0 Å². The fourth-order valence-corrected chi connectivity index (χ4v) is 4.50. The summed E-state index contributed by atoms with van der Waals surface area (Å²) in [5, 5.41) is 11.8. The van der Waals surface area contributed by atoms with Gasteiger partial charge < -0.3 is 15.4 Å². The number of thiocarbonyl (C=S) groups is 1. The van der Waals surface area contributed by atoms with Crippen molar-refractivity contribution < 1.29 is 17.9 Å². The molecule has 1 heterocycles. The average Bonchev–Trinajstić information content (AvgIpc) is 3.32. The predicted octanol–water partition coefficient (Wildman–Crippen LogP) is 6.34. The second-order valence-corrected chi connectivity index (χ2v) is 9.24. The van der Waals surface area contributed by atoms with Gasteiger partial charge in [-0.3, -0.25) is 0 Å². The van der Waals surface area contributed by atoms with Gasteiger partial charge in [-0.2, -0.15) is 0 Å². The van der Waals surface area contributed by atoms with Crippen LogP contribution in [0.5, 0.6) is 5.75 Å². The van der Waals surface area contributed by atoms with Gasteiger partial charge in [-0.25, -0.2) is 9.67 Å². The predicted molar refractivity (Wildman–Crippen MR) is 138 cm³/mol. The van der Waals surface area contributed by atoms with Gasteiger partial charge >= 0.3 is 6.36 Å². The van der Waals surface area contributed by atoms with Crippen LogP contribution in [0.15, 0.2) is 54.9 Å². The number of para-hydroxylation sites is 1. The maximum atomic E-state index is 12.4. The van der Waals surface area contributed by atoms with E-state index in [1.807, 2.05) is 6.07 Å². The molecule has 0 saturated heterocycles. The average molecular weight is 516 g/mol. The number of anilines is 1. The van der Waals surface area contributed by atoms with Gasteiger partial charge in [0.15, 0.2) is 10.9 Å². The normalized spacial score (nSPS) is 15.8. The monoisotopic (exact) mass is 515 g/mol. The van der Waals surface area contributed by atoms with Gasteiger partial charge in [-0.1, -0.05) is 24.3 Å². The molecule has 190 valence electrons. The van der Waals surface area contributed by atoms with E-state index in [2.05, 4.69) is 57.5 Å². The number of aryl methyl sites for hydroxylation is 2. The quantitative estimate of drug-likeness (QED) is 0.358. The third kappa shape index (κ3) is 6.84. The highest BCUT2D eigenvalue weighted by molar-refractivity contribution is 7.80. The molecule has 1 unspecified atom stereocenters. The van der Waals surface area contributed by atoms with Crippen LogP contribution in [0, 0.1) is 19.8 Å². The highest BCUT2D eigenvalue weighted by atomic mass is 32.1. The van der Waals surface area contributed by atoms with Gasteiger partial charge in [0, 0.05) is 12.2 Å². The smallest absolute Gasteiger partial charge is 0.406 e. The van der Waals surface area contributed by atoms with Crippen molar-refractivity contribution in [3.05, 3.63) is 71.8 Å².